The van der Waals surface area contributed by atoms with Crippen LogP contribution in [0.3, 0.4) is 0 Å². The number of ether oxygens (including phenoxy) is 1. The molecule has 1 fully saturated rings. The first-order chi connectivity index (χ1) is 16.2. The van der Waals surface area contributed by atoms with Crippen LogP contribution in [0.2, 0.25) is 0 Å². The maximum Gasteiger partial charge on any atom is 0.119 e. The van der Waals surface area contributed by atoms with Gasteiger partial charge in [0.15, 0.2) is 0 Å². The lowest BCUT2D eigenvalue weighted by Crippen LogP contribution is -2.42. The lowest BCUT2D eigenvalue weighted by molar-refractivity contribution is 0.0668. The fourth-order valence-corrected chi connectivity index (χ4v) is 5.32. The van der Waals surface area contributed by atoms with Gasteiger partial charge in [-0.1, -0.05) is 6.07 Å². The molecule has 6 heteroatoms. The summed E-state index contributed by atoms with van der Waals surface area (Å²) in [5.74, 6) is 1.80. The van der Waals surface area contributed by atoms with Crippen LogP contribution in [0.15, 0.2) is 54.9 Å². The Morgan fingerprint density at radius 2 is 2.06 bits per heavy atom. The fraction of sp³-hybridized carbons (Fsp3) is 0.481. The molecule has 2 aromatic heterocycles. The molecule has 3 aromatic rings. The van der Waals surface area contributed by atoms with Gasteiger partial charge in [-0.05, 0) is 99.0 Å². The van der Waals surface area contributed by atoms with E-state index in [1.807, 2.05) is 42.7 Å². The molecule has 5 nitrogen and oxygen atoms in total. The Balaban J connectivity index is 1.27. The number of aromatic nitrogens is 2. The number of pyridine rings is 2. The number of hydrogen-bond acceptors (Lipinski definition) is 6. The van der Waals surface area contributed by atoms with Gasteiger partial charge in [0, 0.05) is 36.2 Å². The van der Waals surface area contributed by atoms with Gasteiger partial charge in [-0.3, -0.25) is 9.97 Å². The minimum atomic E-state index is 0.158. The lowest BCUT2D eigenvalue weighted by atomic mass is 9.82. The van der Waals surface area contributed by atoms with Crippen LogP contribution < -0.4 is 4.74 Å². The number of fused-ring (bicyclic) bond motifs is 1. The van der Waals surface area contributed by atoms with Gasteiger partial charge < -0.3 is 14.7 Å². The molecule has 0 radical (unpaired) electrons. The number of aliphatic hydroxyl groups excluding tert-OH is 1. The molecule has 176 valence electrons. The summed E-state index contributed by atoms with van der Waals surface area (Å²) >= 11 is 4.75. The second-order valence-electron chi connectivity index (χ2n) is 9.10. The molecule has 1 aliphatic heterocycles. The first-order valence-corrected chi connectivity index (χ1v) is 12.5. The van der Waals surface area contributed by atoms with Crippen LogP contribution in [0, 0.1) is 11.8 Å². The third kappa shape index (κ3) is 6.25. The second-order valence-corrected chi connectivity index (χ2v) is 9.72. The normalized spacial score (nSPS) is 20.1. The molecule has 1 aromatic carbocycles. The number of aryl methyl sites for hydroxylation is 1. The van der Waals surface area contributed by atoms with Crippen molar-refractivity contribution in [3.63, 3.8) is 0 Å². The number of piperidine rings is 1. The van der Waals surface area contributed by atoms with Crippen molar-refractivity contribution in [2.45, 2.75) is 37.4 Å². The Morgan fingerprint density at radius 1 is 1.15 bits per heavy atom. The number of rotatable bonds is 10. The molecule has 4 rings (SSSR count). The third-order valence-electron chi connectivity index (χ3n) is 7.02. The first-order valence-electron chi connectivity index (χ1n) is 12.0. The Labute approximate surface area is 202 Å². The van der Waals surface area contributed by atoms with Gasteiger partial charge in [-0.25, -0.2) is 0 Å². The zero-order chi connectivity index (χ0) is 23.0. The lowest BCUT2D eigenvalue weighted by Gasteiger charge is -2.38. The monoisotopic (exact) mass is 465 g/mol. The van der Waals surface area contributed by atoms with Crippen molar-refractivity contribution >= 4 is 23.5 Å². The minimum Gasteiger partial charge on any atom is -0.497 e. The summed E-state index contributed by atoms with van der Waals surface area (Å²) in [7, 11) is 1.70. The highest BCUT2D eigenvalue weighted by Crippen LogP contribution is 2.30. The van der Waals surface area contributed by atoms with Crippen molar-refractivity contribution in [3.8, 4) is 5.75 Å². The standard InChI is InChI=1S/C27H35N3O2S/c1-32-23-8-9-25-24(17-23)21(10-14-29-25)6-4-5-20-11-15-30(18-22(20)19-31)16-12-27(33)26-7-2-3-13-28-26/h2-3,7-10,13-14,17,20,22,27,31,33H,4-6,11-12,15-16,18-19H2,1H3/t20-,22-,27?/m1/s1. The van der Waals surface area contributed by atoms with Gasteiger partial charge in [-0.2, -0.15) is 12.6 Å². The van der Waals surface area contributed by atoms with Crippen molar-refractivity contribution in [2.75, 3.05) is 33.4 Å². The predicted octanol–water partition coefficient (Wildman–Crippen LogP) is 4.95. The van der Waals surface area contributed by atoms with E-state index in [1.165, 1.54) is 10.9 Å². The SMILES string of the molecule is COc1ccc2nccc(CCC[C@@H]3CCN(CCC(S)c4ccccn4)C[C@@H]3CO)c2c1. The summed E-state index contributed by atoms with van der Waals surface area (Å²) in [5, 5.41) is 11.4. The fourth-order valence-electron chi connectivity index (χ4n) is 5.05. The van der Waals surface area contributed by atoms with Crippen molar-refractivity contribution in [1.29, 1.82) is 0 Å². The Kier molecular flexibility index (Phi) is 8.59. The zero-order valence-corrected chi connectivity index (χ0v) is 20.3. The van der Waals surface area contributed by atoms with Crippen LogP contribution in [-0.4, -0.2) is 53.3 Å². The summed E-state index contributed by atoms with van der Waals surface area (Å²) in [5.41, 5.74) is 3.38. The number of nitrogens with zero attached hydrogens (tertiary/aromatic N) is 3. The number of hydrogen-bond donors (Lipinski definition) is 2. The molecule has 1 aliphatic rings. The van der Waals surface area contributed by atoms with Crippen LogP contribution in [0.25, 0.3) is 10.9 Å². The van der Waals surface area contributed by atoms with E-state index in [-0.39, 0.29) is 11.9 Å². The molecular formula is C27H35N3O2S. The van der Waals surface area contributed by atoms with E-state index in [0.717, 1.165) is 68.7 Å². The zero-order valence-electron chi connectivity index (χ0n) is 19.4. The van der Waals surface area contributed by atoms with Gasteiger partial charge in [0.1, 0.15) is 5.75 Å². The van der Waals surface area contributed by atoms with Crippen molar-refractivity contribution in [1.82, 2.24) is 14.9 Å². The average molecular weight is 466 g/mol. The Morgan fingerprint density at radius 3 is 2.85 bits per heavy atom. The van der Waals surface area contributed by atoms with E-state index in [9.17, 15) is 5.11 Å². The number of aliphatic hydroxyl groups is 1. The predicted molar refractivity (Wildman–Crippen MR) is 137 cm³/mol. The summed E-state index contributed by atoms with van der Waals surface area (Å²) in [6.45, 7) is 3.33. The molecule has 1 saturated heterocycles. The van der Waals surface area contributed by atoms with E-state index in [0.29, 0.717) is 11.8 Å². The Hall–Kier alpha value is -2.15. The van der Waals surface area contributed by atoms with Gasteiger partial charge in [0.2, 0.25) is 0 Å². The molecule has 0 bridgehead atoms. The summed E-state index contributed by atoms with van der Waals surface area (Å²) in [6, 6.07) is 14.2. The molecule has 0 saturated carbocycles. The van der Waals surface area contributed by atoms with Crippen LogP contribution in [0.5, 0.6) is 5.75 Å². The largest absolute Gasteiger partial charge is 0.497 e. The van der Waals surface area contributed by atoms with E-state index >= 15 is 0 Å². The highest BCUT2D eigenvalue weighted by atomic mass is 32.1. The van der Waals surface area contributed by atoms with E-state index in [2.05, 4.69) is 27.0 Å². The highest BCUT2D eigenvalue weighted by Gasteiger charge is 2.28. The van der Waals surface area contributed by atoms with E-state index < -0.39 is 0 Å². The number of benzene rings is 1. The number of thiol groups is 1. The Bertz CT molecular complexity index is 1020. The third-order valence-corrected chi connectivity index (χ3v) is 7.54. The molecule has 0 amide bonds. The molecule has 33 heavy (non-hydrogen) atoms. The van der Waals surface area contributed by atoms with Crippen LogP contribution in [-0.2, 0) is 6.42 Å². The van der Waals surface area contributed by atoms with Crippen LogP contribution in [0.4, 0.5) is 0 Å². The molecular weight excluding hydrogens is 430 g/mol. The highest BCUT2D eigenvalue weighted by molar-refractivity contribution is 7.80. The molecule has 3 heterocycles. The van der Waals surface area contributed by atoms with Crippen molar-refractivity contribution in [2.24, 2.45) is 11.8 Å². The summed E-state index contributed by atoms with van der Waals surface area (Å²) < 4.78 is 5.41. The van der Waals surface area contributed by atoms with E-state index in [4.69, 9.17) is 17.4 Å². The topological polar surface area (TPSA) is 58.5 Å². The summed E-state index contributed by atoms with van der Waals surface area (Å²) in [4.78, 5) is 11.4. The smallest absolute Gasteiger partial charge is 0.119 e. The molecule has 0 spiro atoms. The van der Waals surface area contributed by atoms with Gasteiger partial charge in [0.25, 0.3) is 0 Å². The molecule has 1 N–H and O–H groups in total. The molecule has 0 aliphatic carbocycles. The van der Waals surface area contributed by atoms with E-state index in [1.54, 1.807) is 7.11 Å². The summed E-state index contributed by atoms with van der Waals surface area (Å²) in [6.07, 6.45) is 9.15. The minimum absolute atomic E-state index is 0.158. The maximum absolute atomic E-state index is 10.1. The van der Waals surface area contributed by atoms with Crippen LogP contribution in [0.1, 0.15) is 42.2 Å². The van der Waals surface area contributed by atoms with Crippen molar-refractivity contribution in [3.05, 3.63) is 66.1 Å². The second kappa shape index (κ2) is 11.8. The van der Waals surface area contributed by atoms with Gasteiger partial charge in [-0.15, -0.1) is 0 Å². The average Bonchev–Trinajstić information content (AvgIpc) is 2.88. The van der Waals surface area contributed by atoms with Gasteiger partial charge >= 0.3 is 0 Å². The molecule has 3 atom stereocenters. The first kappa shape index (κ1) is 24.0. The van der Waals surface area contributed by atoms with Gasteiger partial charge in [0.05, 0.1) is 18.3 Å². The number of likely N-dealkylation sites (tertiary alicyclic amines) is 1. The quantitative estimate of drug-likeness (QED) is 0.415. The molecule has 1 unspecified atom stereocenters. The maximum atomic E-state index is 10.1. The van der Waals surface area contributed by atoms with Crippen molar-refractivity contribution < 1.29 is 9.84 Å². The van der Waals surface area contributed by atoms with Crippen LogP contribution >= 0.6 is 12.6 Å². The number of methoxy groups -OCH3 is 1.